The van der Waals surface area contributed by atoms with E-state index in [-0.39, 0.29) is 29.8 Å². The summed E-state index contributed by atoms with van der Waals surface area (Å²) < 4.78 is 22.6. The third-order valence-electron chi connectivity index (χ3n) is 3.43. The highest BCUT2D eigenvalue weighted by atomic mass is 35.5. The minimum atomic E-state index is -3.77. The SMILES string of the molecule is C[C@@H]1CNCCN1CC(=O)Nc1cccc(S(N)(=O)=O)c1.Cl. The first-order valence-corrected chi connectivity index (χ1v) is 8.28. The zero-order valence-corrected chi connectivity index (χ0v) is 13.9. The molecule has 1 aromatic carbocycles. The fourth-order valence-electron chi connectivity index (χ4n) is 2.25. The maximum Gasteiger partial charge on any atom is 0.238 e. The minimum Gasteiger partial charge on any atom is -0.325 e. The molecule has 0 bridgehead atoms. The lowest BCUT2D eigenvalue weighted by atomic mass is 10.2. The number of hydrogen-bond donors (Lipinski definition) is 3. The average molecular weight is 349 g/mol. The van der Waals surface area contributed by atoms with Crippen LogP contribution in [-0.4, -0.2) is 51.4 Å². The number of halogens is 1. The van der Waals surface area contributed by atoms with Crippen LogP contribution >= 0.6 is 12.4 Å². The van der Waals surface area contributed by atoms with Gasteiger partial charge in [0.05, 0.1) is 11.4 Å². The van der Waals surface area contributed by atoms with Gasteiger partial charge in [0.2, 0.25) is 15.9 Å². The molecule has 1 aliphatic rings. The molecule has 1 amide bonds. The molecule has 1 saturated heterocycles. The highest BCUT2D eigenvalue weighted by molar-refractivity contribution is 7.89. The van der Waals surface area contributed by atoms with Crippen LogP contribution in [0, 0.1) is 0 Å². The van der Waals surface area contributed by atoms with Crippen molar-refractivity contribution >= 4 is 34.0 Å². The van der Waals surface area contributed by atoms with Gasteiger partial charge in [-0.25, -0.2) is 13.6 Å². The van der Waals surface area contributed by atoms with E-state index >= 15 is 0 Å². The largest absolute Gasteiger partial charge is 0.325 e. The van der Waals surface area contributed by atoms with E-state index in [1.807, 2.05) is 0 Å². The van der Waals surface area contributed by atoms with Crippen molar-refractivity contribution in [1.29, 1.82) is 0 Å². The molecule has 1 heterocycles. The van der Waals surface area contributed by atoms with Gasteiger partial charge in [-0.2, -0.15) is 0 Å². The first-order chi connectivity index (χ1) is 9.86. The van der Waals surface area contributed by atoms with Gasteiger partial charge in [-0.15, -0.1) is 12.4 Å². The molecule has 9 heteroatoms. The topological polar surface area (TPSA) is 105 Å². The van der Waals surface area contributed by atoms with Crippen molar-refractivity contribution in [1.82, 2.24) is 10.2 Å². The summed E-state index contributed by atoms with van der Waals surface area (Å²) in [5, 5.41) is 11.0. The smallest absolute Gasteiger partial charge is 0.238 e. The lowest BCUT2D eigenvalue weighted by Gasteiger charge is -2.33. The molecule has 1 aromatic rings. The van der Waals surface area contributed by atoms with Crippen LogP contribution in [0.15, 0.2) is 29.2 Å². The van der Waals surface area contributed by atoms with Gasteiger partial charge in [0, 0.05) is 31.4 Å². The molecule has 0 aliphatic carbocycles. The van der Waals surface area contributed by atoms with E-state index in [1.165, 1.54) is 12.1 Å². The van der Waals surface area contributed by atoms with Crippen LogP contribution in [0.1, 0.15) is 6.92 Å². The molecule has 7 nitrogen and oxygen atoms in total. The van der Waals surface area contributed by atoms with Crippen molar-refractivity contribution < 1.29 is 13.2 Å². The maximum absolute atomic E-state index is 12.0. The maximum atomic E-state index is 12.0. The molecule has 124 valence electrons. The Kier molecular flexibility index (Phi) is 6.76. The number of amides is 1. The van der Waals surface area contributed by atoms with Crippen molar-refractivity contribution in [3.8, 4) is 0 Å². The number of carbonyl (C=O) groups is 1. The van der Waals surface area contributed by atoms with E-state index in [0.29, 0.717) is 11.7 Å². The Morgan fingerprint density at radius 2 is 2.23 bits per heavy atom. The van der Waals surface area contributed by atoms with Gasteiger partial charge in [-0.05, 0) is 25.1 Å². The summed E-state index contributed by atoms with van der Waals surface area (Å²) in [6.45, 7) is 4.86. The number of primary sulfonamides is 1. The molecule has 1 atom stereocenters. The second kappa shape index (κ2) is 7.89. The predicted molar refractivity (Wildman–Crippen MR) is 87.6 cm³/mol. The number of nitrogens with zero attached hydrogens (tertiary/aromatic N) is 1. The quantitative estimate of drug-likeness (QED) is 0.709. The molecule has 2 rings (SSSR count). The van der Waals surface area contributed by atoms with Crippen LogP contribution in [0.25, 0.3) is 0 Å². The van der Waals surface area contributed by atoms with Crippen LogP contribution in [0.5, 0.6) is 0 Å². The molecule has 22 heavy (non-hydrogen) atoms. The number of nitrogens with one attached hydrogen (secondary N) is 2. The van der Waals surface area contributed by atoms with Gasteiger partial charge in [0.1, 0.15) is 0 Å². The Bertz CT molecular complexity index is 623. The Morgan fingerprint density at radius 1 is 1.50 bits per heavy atom. The van der Waals surface area contributed by atoms with Crippen LogP contribution in [-0.2, 0) is 14.8 Å². The average Bonchev–Trinajstić information content (AvgIpc) is 2.41. The molecule has 0 unspecified atom stereocenters. The number of nitrogens with two attached hydrogens (primary N) is 1. The minimum absolute atomic E-state index is 0. The highest BCUT2D eigenvalue weighted by Crippen LogP contribution is 2.14. The molecule has 1 aliphatic heterocycles. The van der Waals surface area contributed by atoms with Crippen LogP contribution in [0.3, 0.4) is 0 Å². The Balaban J connectivity index is 0.00000242. The summed E-state index contributed by atoms with van der Waals surface area (Å²) in [5.74, 6) is -0.171. The number of piperazine rings is 1. The van der Waals surface area contributed by atoms with Crippen molar-refractivity contribution in [2.24, 2.45) is 5.14 Å². The summed E-state index contributed by atoms with van der Waals surface area (Å²) in [7, 11) is -3.77. The Hall–Kier alpha value is -1.19. The van der Waals surface area contributed by atoms with Crippen molar-refractivity contribution in [3.05, 3.63) is 24.3 Å². The second-order valence-corrected chi connectivity index (χ2v) is 6.71. The summed E-state index contributed by atoms with van der Waals surface area (Å²) in [4.78, 5) is 14.1. The molecule has 0 aromatic heterocycles. The fraction of sp³-hybridized carbons (Fsp3) is 0.462. The summed E-state index contributed by atoms with van der Waals surface area (Å²) in [5.41, 5.74) is 0.425. The number of benzene rings is 1. The Labute approximate surface area is 136 Å². The number of carbonyl (C=O) groups excluding carboxylic acids is 1. The monoisotopic (exact) mass is 348 g/mol. The van der Waals surface area contributed by atoms with Crippen molar-refractivity contribution in [2.75, 3.05) is 31.5 Å². The summed E-state index contributed by atoms with van der Waals surface area (Å²) in [6, 6.07) is 6.22. The van der Waals surface area contributed by atoms with E-state index in [0.717, 1.165) is 19.6 Å². The van der Waals surface area contributed by atoms with Gasteiger partial charge in [0.15, 0.2) is 0 Å². The summed E-state index contributed by atoms with van der Waals surface area (Å²) >= 11 is 0. The summed E-state index contributed by atoms with van der Waals surface area (Å²) in [6.07, 6.45) is 0. The van der Waals surface area contributed by atoms with Gasteiger partial charge < -0.3 is 10.6 Å². The number of hydrogen-bond acceptors (Lipinski definition) is 5. The Morgan fingerprint density at radius 3 is 2.86 bits per heavy atom. The van der Waals surface area contributed by atoms with Crippen molar-refractivity contribution in [3.63, 3.8) is 0 Å². The van der Waals surface area contributed by atoms with E-state index in [2.05, 4.69) is 22.5 Å². The predicted octanol–water partition coefficient (Wildman–Crippen LogP) is -0.0120. The molecule has 0 radical (unpaired) electrons. The van der Waals surface area contributed by atoms with Gasteiger partial charge in [-0.1, -0.05) is 6.07 Å². The van der Waals surface area contributed by atoms with E-state index < -0.39 is 10.0 Å². The second-order valence-electron chi connectivity index (χ2n) is 5.14. The highest BCUT2D eigenvalue weighted by Gasteiger charge is 2.20. The molecular formula is C13H21ClN4O3S. The lowest BCUT2D eigenvalue weighted by molar-refractivity contribution is -0.118. The standard InChI is InChI=1S/C13H20N4O3S.ClH/c1-10-8-15-5-6-17(10)9-13(18)16-11-3-2-4-12(7-11)21(14,19)20;/h2-4,7,10,15H,5-6,8-9H2,1H3,(H,16,18)(H2,14,19,20);1H/t10-;/m1./s1. The fourth-order valence-corrected chi connectivity index (χ4v) is 2.81. The molecule has 1 fully saturated rings. The van der Waals surface area contributed by atoms with E-state index in [1.54, 1.807) is 12.1 Å². The van der Waals surface area contributed by atoms with E-state index in [4.69, 9.17) is 5.14 Å². The molecule has 4 N–H and O–H groups in total. The van der Waals surface area contributed by atoms with Gasteiger partial charge in [-0.3, -0.25) is 9.69 Å². The zero-order chi connectivity index (χ0) is 15.5. The molecule has 0 saturated carbocycles. The molecule has 0 spiro atoms. The number of rotatable bonds is 4. The van der Waals surface area contributed by atoms with Crippen LogP contribution < -0.4 is 15.8 Å². The first-order valence-electron chi connectivity index (χ1n) is 6.74. The molecular weight excluding hydrogens is 328 g/mol. The third kappa shape index (κ3) is 5.22. The zero-order valence-electron chi connectivity index (χ0n) is 12.3. The third-order valence-corrected chi connectivity index (χ3v) is 4.34. The van der Waals surface area contributed by atoms with E-state index in [9.17, 15) is 13.2 Å². The van der Waals surface area contributed by atoms with Crippen LogP contribution in [0.2, 0.25) is 0 Å². The van der Waals surface area contributed by atoms with Gasteiger partial charge >= 0.3 is 0 Å². The number of sulfonamides is 1. The number of anilines is 1. The van der Waals surface area contributed by atoms with Gasteiger partial charge in [0.25, 0.3) is 0 Å². The lowest BCUT2D eigenvalue weighted by Crippen LogP contribution is -2.51. The van der Waals surface area contributed by atoms with Crippen molar-refractivity contribution in [2.45, 2.75) is 17.9 Å². The first kappa shape index (κ1) is 18.9. The van der Waals surface area contributed by atoms with Crippen LogP contribution in [0.4, 0.5) is 5.69 Å². The normalized spacial score (nSPS) is 19.3.